The molecule has 4 atom stereocenters. The van der Waals surface area contributed by atoms with Crippen molar-refractivity contribution in [3.05, 3.63) is 83.9 Å². The quantitative estimate of drug-likeness (QED) is 0.507. The van der Waals surface area contributed by atoms with E-state index in [2.05, 4.69) is 0 Å². The number of amides is 2. The Labute approximate surface area is 198 Å². The molecule has 0 aliphatic carbocycles. The molecule has 0 radical (unpaired) electrons. The second kappa shape index (κ2) is 9.55. The van der Waals surface area contributed by atoms with E-state index in [-0.39, 0.29) is 0 Å². The minimum Gasteiger partial charge on any atom is -0.467 e. The molecule has 1 aliphatic rings. The van der Waals surface area contributed by atoms with Crippen LogP contribution in [0.3, 0.4) is 0 Å². The van der Waals surface area contributed by atoms with E-state index < -0.39 is 42.1 Å². The number of rotatable bonds is 6. The maximum Gasteiger partial charge on any atom is 0.331 e. The van der Waals surface area contributed by atoms with Gasteiger partial charge in [-0.1, -0.05) is 72.8 Å². The Morgan fingerprint density at radius 3 is 1.88 bits per heavy atom. The molecule has 0 bridgehead atoms. The second-order valence-corrected chi connectivity index (χ2v) is 8.36. The van der Waals surface area contributed by atoms with Crippen LogP contribution >= 0.6 is 0 Å². The van der Waals surface area contributed by atoms with Crippen LogP contribution in [0.2, 0.25) is 0 Å². The third-order valence-electron chi connectivity index (χ3n) is 6.62. The van der Waals surface area contributed by atoms with Gasteiger partial charge in [-0.2, -0.15) is 0 Å². The molecule has 4 rings (SSSR count). The molecule has 4 unspecified atom stereocenters. The van der Waals surface area contributed by atoms with Crippen molar-refractivity contribution in [2.45, 2.75) is 38.0 Å². The molecule has 1 saturated heterocycles. The SMILES string of the molecule is COC(=O)C1C(C(=O)OC)N(C(C)c2cccc3ccccc23)C(=O)N1C(C)c1ccccc1. The Bertz CT molecular complexity index is 1210. The van der Waals surface area contributed by atoms with Crippen molar-refractivity contribution >= 4 is 28.7 Å². The summed E-state index contributed by atoms with van der Waals surface area (Å²) in [5.74, 6) is -1.34. The van der Waals surface area contributed by atoms with Gasteiger partial charge in [0.05, 0.1) is 26.3 Å². The summed E-state index contributed by atoms with van der Waals surface area (Å²) in [6.45, 7) is 3.70. The summed E-state index contributed by atoms with van der Waals surface area (Å²) in [7, 11) is 2.51. The summed E-state index contributed by atoms with van der Waals surface area (Å²) in [4.78, 5) is 42.9. The van der Waals surface area contributed by atoms with Crippen molar-refractivity contribution in [3.63, 3.8) is 0 Å². The normalized spacial score (nSPS) is 19.7. The fourth-order valence-electron chi connectivity index (χ4n) is 4.87. The minimum absolute atomic E-state index is 0.428. The third kappa shape index (κ3) is 3.87. The van der Waals surface area contributed by atoms with Gasteiger partial charge in [-0.3, -0.25) is 0 Å². The van der Waals surface area contributed by atoms with E-state index in [4.69, 9.17) is 9.47 Å². The first-order valence-corrected chi connectivity index (χ1v) is 11.2. The van der Waals surface area contributed by atoms with Crippen LogP contribution in [0.25, 0.3) is 10.8 Å². The Morgan fingerprint density at radius 1 is 0.735 bits per heavy atom. The lowest BCUT2D eigenvalue weighted by Crippen LogP contribution is -2.49. The molecule has 1 aliphatic heterocycles. The van der Waals surface area contributed by atoms with Gasteiger partial charge in [0.1, 0.15) is 0 Å². The van der Waals surface area contributed by atoms with Crippen molar-refractivity contribution in [1.29, 1.82) is 0 Å². The summed E-state index contributed by atoms with van der Waals surface area (Å²) < 4.78 is 10.1. The monoisotopic (exact) mass is 460 g/mol. The summed E-state index contributed by atoms with van der Waals surface area (Å²) in [6, 6.07) is 19.4. The third-order valence-corrected chi connectivity index (χ3v) is 6.62. The van der Waals surface area contributed by atoms with Crippen LogP contribution in [-0.2, 0) is 19.1 Å². The van der Waals surface area contributed by atoms with Crippen molar-refractivity contribution in [2.75, 3.05) is 14.2 Å². The largest absolute Gasteiger partial charge is 0.467 e. The van der Waals surface area contributed by atoms with Gasteiger partial charge >= 0.3 is 18.0 Å². The van der Waals surface area contributed by atoms with E-state index in [9.17, 15) is 14.4 Å². The number of methoxy groups -OCH3 is 2. The molecule has 0 N–H and O–H groups in total. The molecular weight excluding hydrogens is 432 g/mol. The molecule has 7 nitrogen and oxygen atoms in total. The van der Waals surface area contributed by atoms with E-state index in [0.29, 0.717) is 0 Å². The summed E-state index contributed by atoms with van der Waals surface area (Å²) in [6.07, 6.45) is 0. The van der Waals surface area contributed by atoms with E-state index in [1.807, 2.05) is 86.6 Å². The number of carbonyl (C=O) groups is 3. The van der Waals surface area contributed by atoms with Gasteiger partial charge in [0.2, 0.25) is 0 Å². The highest BCUT2D eigenvalue weighted by Gasteiger charge is 2.57. The highest BCUT2D eigenvalue weighted by molar-refractivity contribution is 5.98. The average molecular weight is 461 g/mol. The summed E-state index contributed by atoms with van der Waals surface area (Å²) in [5.41, 5.74) is 1.71. The molecule has 176 valence electrons. The zero-order valence-corrected chi connectivity index (χ0v) is 19.7. The molecular formula is C27H28N2O5. The number of nitrogens with zero attached hydrogens (tertiary/aromatic N) is 2. The Morgan fingerprint density at radius 2 is 1.26 bits per heavy atom. The topological polar surface area (TPSA) is 76.2 Å². The van der Waals surface area contributed by atoms with Crippen LogP contribution in [-0.4, -0.2) is 54.1 Å². The fraction of sp³-hybridized carbons (Fsp3) is 0.296. The van der Waals surface area contributed by atoms with Crippen molar-refractivity contribution in [2.24, 2.45) is 0 Å². The number of urea groups is 1. The lowest BCUT2D eigenvalue weighted by Gasteiger charge is -2.30. The van der Waals surface area contributed by atoms with Gasteiger partial charge in [-0.05, 0) is 35.7 Å². The smallest absolute Gasteiger partial charge is 0.331 e. The van der Waals surface area contributed by atoms with Gasteiger partial charge in [-0.15, -0.1) is 0 Å². The highest BCUT2D eigenvalue weighted by Crippen LogP contribution is 2.39. The van der Waals surface area contributed by atoms with Crippen molar-refractivity contribution in [3.8, 4) is 0 Å². The minimum atomic E-state index is -1.16. The van der Waals surface area contributed by atoms with Crippen LogP contribution in [0.15, 0.2) is 72.8 Å². The highest BCUT2D eigenvalue weighted by atomic mass is 16.5. The van der Waals surface area contributed by atoms with Crippen LogP contribution in [0, 0.1) is 0 Å². The molecule has 2 amide bonds. The molecule has 3 aromatic carbocycles. The van der Waals surface area contributed by atoms with Gasteiger partial charge in [0.15, 0.2) is 12.1 Å². The van der Waals surface area contributed by atoms with Gasteiger partial charge in [0.25, 0.3) is 0 Å². The average Bonchev–Trinajstić information content (AvgIpc) is 3.19. The van der Waals surface area contributed by atoms with Gasteiger partial charge in [-0.25, -0.2) is 14.4 Å². The number of ether oxygens (including phenoxy) is 2. The van der Waals surface area contributed by atoms with E-state index in [1.54, 1.807) is 0 Å². The first kappa shape index (κ1) is 23.3. The predicted molar refractivity (Wildman–Crippen MR) is 128 cm³/mol. The van der Waals surface area contributed by atoms with Crippen molar-refractivity contribution < 1.29 is 23.9 Å². The number of carbonyl (C=O) groups excluding carboxylic acids is 3. The Kier molecular flexibility index (Phi) is 6.54. The van der Waals surface area contributed by atoms with Gasteiger partial charge < -0.3 is 19.3 Å². The maximum atomic E-state index is 14.0. The molecule has 1 heterocycles. The maximum absolute atomic E-state index is 14.0. The van der Waals surface area contributed by atoms with E-state index in [0.717, 1.165) is 21.9 Å². The first-order chi connectivity index (χ1) is 16.4. The number of benzene rings is 3. The zero-order chi connectivity index (χ0) is 24.4. The zero-order valence-electron chi connectivity index (χ0n) is 19.7. The lowest BCUT2D eigenvalue weighted by atomic mass is 9.97. The molecule has 0 aromatic heterocycles. The Hall–Kier alpha value is -3.87. The first-order valence-electron chi connectivity index (χ1n) is 11.2. The molecule has 7 heteroatoms. The Balaban J connectivity index is 1.85. The molecule has 3 aromatic rings. The number of esters is 2. The van der Waals surface area contributed by atoms with Crippen LogP contribution in [0.5, 0.6) is 0 Å². The number of hydrogen-bond donors (Lipinski definition) is 0. The summed E-state index contributed by atoms with van der Waals surface area (Å²) in [5, 5.41) is 1.99. The molecule has 34 heavy (non-hydrogen) atoms. The fourth-order valence-corrected chi connectivity index (χ4v) is 4.87. The van der Waals surface area contributed by atoms with Crippen LogP contribution < -0.4 is 0 Å². The number of hydrogen-bond acceptors (Lipinski definition) is 5. The van der Waals surface area contributed by atoms with E-state index in [1.165, 1.54) is 24.0 Å². The number of fused-ring (bicyclic) bond motifs is 1. The molecule has 1 fully saturated rings. The molecule has 0 saturated carbocycles. The standard InChI is InChI=1S/C27H28N2O5/c1-17(19-11-6-5-7-12-19)28-23(25(30)33-3)24(26(31)34-4)29(27(28)32)18(2)21-16-10-14-20-13-8-9-15-22(20)21/h5-18,23-24H,1-4H3. The lowest BCUT2D eigenvalue weighted by molar-refractivity contribution is -0.155. The van der Waals surface area contributed by atoms with Gasteiger partial charge in [0, 0.05) is 0 Å². The predicted octanol–water partition coefficient (Wildman–Crippen LogP) is 4.48. The van der Waals surface area contributed by atoms with Crippen LogP contribution in [0.1, 0.15) is 37.1 Å². The summed E-state index contributed by atoms with van der Waals surface area (Å²) >= 11 is 0. The van der Waals surface area contributed by atoms with Crippen molar-refractivity contribution in [1.82, 2.24) is 9.80 Å². The van der Waals surface area contributed by atoms with E-state index >= 15 is 0 Å². The molecule has 0 spiro atoms. The van der Waals surface area contributed by atoms with Crippen LogP contribution in [0.4, 0.5) is 4.79 Å². The second-order valence-electron chi connectivity index (χ2n) is 8.36.